The number of likely N-dealkylation sites (tertiary alicyclic amines) is 1. The van der Waals surface area contributed by atoms with Crippen LogP contribution in [0.1, 0.15) is 51.6 Å². The van der Waals surface area contributed by atoms with Crippen LogP contribution in [0, 0.1) is 6.92 Å². The third kappa shape index (κ3) is 3.33. The molecule has 5 heteroatoms. The van der Waals surface area contributed by atoms with Gasteiger partial charge in [0.05, 0.1) is 0 Å². The molecule has 1 saturated heterocycles. The molecule has 132 valence electrons. The molecule has 2 heterocycles. The van der Waals surface area contributed by atoms with Crippen molar-refractivity contribution in [3.05, 3.63) is 52.3 Å². The predicted molar refractivity (Wildman–Crippen MR) is 97.9 cm³/mol. The maximum Gasteiger partial charge on any atom is 0.272 e. The molecule has 0 radical (unpaired) electrons. The normalized spacial score (nSPS) is 20.0. The maximum atomic E-state index is 12.4. The zero-order chi connectivity index (χ0) is 17.2. The van der Waals surface area contributed by atoms with E-state index in [0.717, 1.165) is 50.2 Å². The van der Waals surface area contributed by atoms with Crippen molar-refractivity contribution in [1.29, 1.82) is 0 Å². The number of hydrogen-bond acceptors (Lipinski definition) is 3. The molecule has 4 rings (SSSR count). The van der Waals surface area contributed by atoms with E-state index in [-0.39, 0.29) is 5.91 Å². The zero-order valence-corrected chi connectivity index (χ0v) is 14.8. The summed E-state index contributed by atoms with van der Waals surface area (Å²) >= 11 is 0. The highest BCUT2D eigenvalue weighted by Gasteiger charge is 2.25. The third-order valence-electron chi connectivity index (χ3n) is 5.64. The van der Waals surface area contributed by atoms with Gasteiger partial charge in [0.2, 0.25) is 0 Å². The lowest BCUT2D eigenvalue weighted by Crippen LogP contribution is -2.34. The van der Waals surface area contributed by atoms with Crippen molar-refractivity contribution in [2.24, 2.45) is 0 Å². The number of carbonyl (C=O) groups is 1. The SMILES string of the molecule is Cc1ccccc1[C@@H]1CCN(CCNC(=O)c2n[nH]c3c2CCC3)C1. The fourth-order valence-corrected chi connectivity index (χ4v) is 4.25. The zero-order valence-electron chi connectivity index (χ0n) is 14.8. The molecule has 1 aromatic heterocycles. The Morgan fingerprint density at radius 1 is 1.36 bits per heavy atom. The van der Waals surface area contributed by atoms with Gasteiger partial charge in [0, 0.05) is 30.9 Å². The van der Waals surface area contributed by atoms with Gasteiger partial charge in [-0.15, -0.1) is 0 Å². The second-order valence-electron chi connectivity index (χ2n) is 7.28. The number of fused-ring (bicyclic) bond motifs is 1. The highest BCUT2D eigenvalue weighted by Crippen LogP contribution is 2.29. The van der Waals surface area contributed by atoms with Crippen molar-refractivity contribution in [3.8, 4) is 0 Å². The number of hydrogen-bond donors (Lipinski definition) is 2. The Labute approximate surface area is 148 Å². The van der Waals surface area contributed by atoms with Crippen LogP contribution in [0.2, 0.25) is 0 Å². The van der Waals surface area contributed by atoms with Crippen LogP contribution in [0.5, 0.6) is 0 Å². The monoisotopic (exact) mass is 338 g/mol. The summed E-state index contributed by atoms with van der Waals surface area (Å²) in [5, 5.41) is 10.3. The van der Waals surface area contributed by atoms with Crippen LogP contribution in [0.3, 0.4) is 0 Å². The molecule has 2 aromatic rings. The number of H-pyrrole nitrogens is 1. The topological polar surface area (TPSA) is 61.0 Å². The standard InChI is InChI=1S/C20H26N4O/c1-14-5-2-3-6-16(14)15-9-11-24(13-15)12-10-21-20(25)19-17-7-4-8-18(17)22-23-19/h2-3,5-6,15H,4,7-13H2,1H3,(H,21,25)(H,22,23)/t15-/m1/s1. The second-order valence-corrected chi connectivity index (χ2v) is 7.28. The first kappa shape index (κ1) is 16.3. The van der Waals surface area contributed by atoms with E-state index in [0.29, 0.717) is 18.2 Å². The minimum Gasteiger partial charge on any atom is -0.349 e. The van der Waals surface area contributed by atoms with E-state index in [1.54, 1.807) is 0 Å². The van der Waals surface area contributed by atoms with E-state index in [4.69, 9.17) is 0 Å². The van der Waals surface area contributed by atoms with Crippen LogP contribution in [0.15, 0.2) is 24.3 Å². The number of nitrogens with one attached hydrogen (secondary N) is 2. The van der Waals surface area contributed by atoms with Crippen molar-refractivity contribution in [2.45, 2.75) is 38.5 Å². The van der Waals surface area contributed by atoms with Gasteiger partial charge in [-0.05, 0) is 56.2 Å². The first-order chi connectivity index (χ1) is 12.2. The lowest BCUT2D eigenvalue weighted by atomic mass is 9.94. The molecule has 1 amide bonds. The third-order valence-corrected chi connectivity index (χ3v) is 5.64. The number of carbonyl (C=O) groups excluding carboxylic acids is 1. The molecule has 0 spiro atoms. The maximum absolute atomic E-state index is 12.4. The lowest BCUT2D eigenvalue weighted by molar-refractivity contribution is 0.0944. The van der Waals surface area contributed by atoms with Gasteiger partial charge in [-0.25, -0.2) is 0 Å². The largest absolute Gasteiger partial charge is 0.349 e. The summed E-state index contributed by atoms with van der Waals surface area (Å²) < 4.78 is 0. The van der Waals surface area contributed by atoms with Crippen LogP contribution in [0.4, 0.5) is 0 Å². The number of aryl methyl sites for hydroxylation is 2. The van der Waals surface area contributed by atoms with Crippen LogP contribution in [0.25, 0.3) is 0 Å². The first-order valence-electron chi connectivity index (χ1n) is 9.34. The molecule has 0 saturated carbocycles. The van der Waals surface area contributed by atoms with Gasteiger partial charge >= 0.3 is 0 Å². The molecule has 1 aliphatic heterocycles. The van der Waals surface area contributed by atoms with E-state index in [2.05, 4.69) is 51.6 Å². The average molecular weight is 338 g/mol. The van der Waals surface area contributed by atoms with Crippen molar-refractivity contribution < 1.29 is 4.79 Å². The Morgan fingerprint density at radius 3 is 3.12 bits per heavy atom. The molecule has 1 atom stereocenters. The molecule has 1 aromatic carbocycles. The van der Waals surface area contributed by atoms with Crippen molar-refractivity contribution in [2.75, 3.05) is 26.2 Å². The van der Waals surface area contributed by atoms with Gasteiger partial charge in [0.1, 0.15) is 0 Å². The molecule has 2 aliphatic rings. The Kier molecular flexibility index (Phi) is 4.57. The molecule has 0 bridgehead atoms. The van der Waals surface area contributed by atoms with Crippen LogP contribution < -0.4 is 5.32 Å². The number of aromatic amines is 1. The molecular formula is C20H26N4O. The van der Waals surface area contributed by atoms with E-state index < -0.39 is 0 Å². The summed E-state index contributed by atoms with van der Waals surface area (Å²) in [5.74, 6) is 0.584. The first-order valence-corrected chi connectivity index (χ1v) is 9.34. The van der Waals surface area contributed by atoms with Crippen LogP contribution in [-0.4, -0.2) is 47.2 Å². The summed E-state index contributed by atoms with van der Waals surface area (Å²) in [6, 6.07) is 8.68. The van der Waals surface area contributed by atoms with Gasteiger partial charge in [-0.1, -0.05) is 24.3 Å². The summed E-state index contributed by atoms with van der Waals surface area (Å²) in [5.41, 5.74) is 5.73. The fraction of sp³-hybridized carbons (Fsp3) is 0.500. The lowest BCUT2D eigenvalue weighted by Gasteiger charge is -2.17. The number of aromatic nitrogens is 2. The molecular weight excluding hydrogens is 312 g/mol. The summed E-state index contributed by atoms with van der Waals surface area (Å²) in [6.45, 7) is 5.97. The van der Waals surface area contributed by atoms with Gasteiger partial charge in [-0.3, -0.25) is 9.89 Å². The van der Waals surface area contributed by atoms with Crippen molar-refractivity contribution in [1.82, 2.24) is 20.4 Å². The van der Waals surface area contributed by atoms with Gasteiger partial charge < -0.3 is 10.2 Å². The highest BCUT2D eigenvalue weighted by atomic mass is 16.1. The minimum absolute atomic E-state index is 0.0333. The van der Waals surface area contributed by atoms with Crippen molar-refractivity contribution in [3.63, 3.8) is 0 Å². The smallest absolute Gasteiger partial charge is 0.272 e. The van der Waals surface area contributed by atoms with E-state index in [1.807, 2.05) is 0 Å². The van der Waals surface area contributed by atoms with E-state index in [1.165, 1.54) is 17.5 Å². The molecule has 5 nitrogen and oxygen atoms in total. The van der Waals surface area contributed by atoms with Gasteiger partial charge in [0.25, 0.3) is 5.91 Å². The quantitative estimate of drug-likeness (QED) is 0.880. The molecule has 25 heavy (non-hydrogen) atoms. The summed E-state index contributed by atoms with van der Waals surface area (Å²) in [7, 11) is 0. The number of amides is 1. The van der Waals surface area contributed by atoms with Crippen LogP contribution in [-0.2, 0) is 12.8 Å². The predicted octanol–water partition coefficient (Wildman–Crippen LogP) is 2.43. The molecule has 0 unspecified atom stereocenters. The Bertz CT molecular complexity index is 767. The Hall–Kier alpha value is -2.14. The van der Waals surface area contributed by atoms with E-state index in [9.17, 15) is 4.79 Å². The Morgan fingerprint density at radius 2 is 2.24 bits per heavy atom. The number of benzene rings is 1. The minimum atomic E-state index is -0.0333. The van der Waals surface area contributed by atoms with Crippen LogP contribution >= 0.6 is 0 Å². The van der Waals surface area contributed by atoms with Gasteiger partial charge in [0.15, 0.2) is 5.69 Å². The molecule has 1 fully saturated rings. The summed E-state index contributed by atoms with van der Waals surface area (Å²) in [6.07, 6.45) is 4.31. The number of rotatable bonds is 5. The average Bonchev–Trinajstić information content (AvgIpc) is 3.31. The Balaban J connectivity index is 1.27. The van der Waals surface area contributed by atoms with Crippen molar-refractivity contribution >= 4 is 5.91 Å². The van der Waals surface area contributed by atoms with Gasteiger partial charge in [-0.2, -0.15) is 5.10 Å². The fourth-order valence-electron chi connectivity index (χ4n) is 4.25. The molecule has 2 N–H and O–H groups in total. The summed E-state index contributed by atoms with van der Waals surface area (Å²) in [4.78, 5) is 14.8. The highest BCUT2D eigenvalue weighted by molar-refractivity contribution is 5.94. The van der Waals surface area contributed by atoms with E-state index >= 15 is 0 Å². The second kappa shape index (κ2) is 7.00. The number of nitrogens with zero attached hydrogens (tertiary/aromatic N) is 2. The molecule has 1 aliphatic carbocycles.